The molecule has 0 bridgehead atoms. The van der Waals surface area contributed by atoms with Gasteiger partial charge in [-0.15, -0.1) is 0 Å². The summed E-state index contributed by atoms with van der Waals surface area (Å²) in [6, 6.07) is 6.46. The number of benzene rings is 1. The minimum atomic E-state index is -0.341. The van der Waals surface area contributed by atoms with Gasteiger partial charge in [0.1, 0.15) is 6.10 Å². The number of guanidine groups is 1. The van der Waals surface area contributed by atoms with Crippen molar-refractivity contribution in [3.63, 3.8) is 0 Å². The van der Waals surface area contributed by atoms with Crippen LogP contribution in [0.1, 0.15) is 19.8 Å². The molecule has 0 spiro atoms. The van der Waals surface area contributed by atoms with E-state index in [-0.39, 0.29) is 17.7 Å². The maximum absolute atomic E-state index is 13.6. The van der Waals surface area contributed by atoms with Crippen molar-refractivity contribution in [2.24, 2.45) is 4.99 Å². The standard InChI is InChI=1S/C20H34FN5O/c1-17(27-19-9-5-4-8-18(19)21)16-24-20(22-2)23-10-6-12-26-13-7-11-25(3)14-15-26/h4-5,8-9,17H,6-7,10-16H2,1-3H3,(H2,22,23,24). The Kier molecular flexibility index (Phi) is 9.35. The Hall–Kier alpha value is -1.86. The van der Waals surface area contributed by atoms with Crippen LogP contribution in [0.25, 0.3) is 0 Å². The molecule has 0 amide bonds. The number of hydrogen-bond acceptors (Lipinski definition) is 4. The topological polar surface area (TPSA) is 52.1 Å². The van der Waals surface area contributed by atoms with Crippen molar-refractivity contribution in [3.05, 3.63) is 30.1 Å². The maximum atomic E-state index is 13.6. The fourth-order valence-corrected chi connectivity index (χ4v) is 3.09. The molecule has 2 N–H and O–H groups in total. The zero-order valence-electron chi connectivity index (χ0n) is 16.9. The van der Waals surface area contributed by atoms with E-state index >= 15 is 0 Å². The molecule has 27 heavy (non-hydrogen) atoms. The Balaban J connectivity index is 1.62. The summed E-state index contributed by atoms with van der Waals surface area (Å²) in [6.45, 7) is 9.10. The number of nitrogens with zero attached hydrogens (tertiary/aromatic N) is 3. The van der Waals surface area contributed by atoms with E-state index < -0.39 is 0 Å². The first-order valence-corrected chi connectivity index (χ1v) is 9.85. The third kappa shape index (κ3) is 8.13. The molecule has 7 heteroatoms. The molecule has 1 unspecified atom stereocenters. The lowest BCUT2D eigenvalue weighted by Gasteiger charge is -2.21. The van der Waals surface area contributed by atoms with Crippen LogP contribution in [0.4, 0.5) is 4.39 Å². The van der Waals surface area contributed by atoms with E-state index in [4.69, 9.17) is 4.74 Å². The normalized spacial score (nSPS) is 18.0. The number of aliphatic imine (C=N–C) groups is 1. The van der Waals surface area contributed by atoms with Gasteiger partial charge >= 0.3 is 0 Å². The molecule has 0 aliphatic carbocycles. The van der Waals surface area contributed by atoms with Gasteiger partial charge in [0.2, 0.25) is 0 Å². The van der Waals surface area contributed by atoms with E-state index in [1.54, 1.807) is 25.2 Å². The van der Waals surface area contributed by atoms with Crippen molar-refractivity contribution < 1.29 is 9.13 Å². The summed E-state index contributed by atoms with van der Waals surface area (Å²) >= 11 is 0. The largest absolute Gasteiger partial charge is 0.486 e. The quantitative estimate of drug-likeness (QED) is 0.410. The molecule has 1 fully saturated rings. The van der Waals surface area contributed by atoms with Crippen molar-refractivity contribution in [2.45, 2.75) is 25.9 Å². The lowest BCUT2D eigenvalue weighted by Crippen LogP contribution is -2.42. The van der Waals surface area contributed by atoms with Crippen LogP contribution >= 0.6 is 0 Å². The Morgan fingerprint density at radius 2 is 2.04 bits per heavy atom. The first kappa shape index (κ1) is 21.4. The van der Waals surface area contributed by atoms with Gasteiger partial charge in [-0.3, -0.25) is 4.99 Å². The van der Waals surface area contributed by atoms with E-state index in [2.05, 4.69) is 32.5 Å². The van der Waals surface area contributed by atoms with Crippen LogP contribution in [0.15, 0.2) is 29.3 Å². The second kappa shape index (κ2) is 11.8. The SMILES string of the molecule is CN=C(NCCCN1CCCN(C)CC1)NCC(C)Oc1ccccc1F. The van der Waals surface area contributed by atoms with Crippen molar-refractivity contribution in [1.82, 2.24) is 20.4 Å². The Morgan fingerprint density at radius 1 is 1.22 bits per heavy atom. The average molecular weight is 380 g/mol. The molecule has 2 rings (SSSR count). The average Bonchev–Trinajstić information content (AvgIpc) is 2.87. The fraction of sp³-hybridized carbons (Fsp3) is 0.650. The molecule has 0 saturated carbocycles. The van der Waals surface area contributed by atoms with Crippen LogP contribution in [0.3, 0.4) is 0 Å². The second-order valence-corrected chi connectivity index (χ2v) is 7.09. The van der Waals surface area contributed by atoms with Gasteiger partial charge in [0.05, 0.1) is 6.54 Å². The third-order valence-corrected chi connectivity index (χ3v) is 4.70. The van der Waals surface area contributed by atoms with Crippen LogP contribution in [-0.2, 0) is 0 Å². The predicted molar refractivity (Wildman–Crippen MR) is 109 cm³/mol. The van der Waals surface area contributed by atoms with Gasteiger partial charge in [-0.25, -0.2) is 4.39 Å². The lowest BCUT2D eigenvalue weighted by molar-refractivity contribution is 0.214. The summed E-state index contributed by atoms with van der Waals surface area (Å²) in [6.07, 6.45) is 2.15. The number of nitrogens with one attached hydrogen (secondary N) is 2. The van der Waals surface area contributed by atoms with Crippen LogP contribution in [0.5, 0.6) is 5.75 Å². The Labute approximate surface area is 162 Å². The van der Waals surface area contributed by atoms with E-state index in [9.17, 15) is 4.39 Å². The van der Waals surface area contributed by atoms with Gasteiger partial charge in [0, 0.05) is 26.7 Å². The Morgan fingerprint density at radius 3 is 2.81 bits per heavy atom. The molecule has 1 aromatic rings. The molecule has 1 heterocycles. The molecular weight excluding hydrogens is 345 g/mol. The van der Waals surface area contributed by atoms with Gasteiger partial charge in [-0.1, -0.05) is 12.1 Å². The highest BCUT2D eigenvalue weighted by Crippen LogP contribution is 2.16. The van der Waals surface area contributed by atoms with Gasteiger partial charge in [0.15, 0.2) is 17.5 Å². The van der Waals surface area contributed by atoms with Crippen LogP contribution < -0.4 is 15.4 Å². The summed E-state index contributed by atoms with van der Waals surface area (Å²) in [4.78, 5) is 9.17. The van der Waals surface area contributed by atoms with Crippen molar-refractivity contribution >= 4 is 5.96 Å². The van der Waals surface area contributed by atoms with Crippen molar-refractivity contribution in [2.75, 3.05) is 59.9 Å². The summed E-state index contributed by atoms with van der Waals surface area (Å²) < 4.78 is 19.3. The van der Waals surface area contributed by atoms with Gasteiger partial charge in [-0.05, 0) is 58.6 Å². The zero-order chi connectivity index (χ0) is 19.5. The molecular formula is C20H34FN5O. The highest BCUT2D eigenvalue weighted by Gasteiger charge is 2.12. The first-order valence-electron chi connectivity index (χ1n) is 9.85. The van der Waals surface area contributed by atoms with Crippen molar-refractivity contribution in [1.29, 1.82) is 0 Å². The summed E-state index contributed by atoms with van der Waals surface area (Å²) in [5, 5.41) is 6.57. The van der Waals surface area contributed by atoms with Gasteiger partial charge in [-0.2, -0.15) is 0 Å². The lowest BCUT2D eigenvalue weighted by atomic mass is 10.3. The number of likely N-dealkylation sites (N-methyl/N-ethyl adjacent to an activating group) is 1. The van der Waals surface area contributed by atoms with Crippen LogP contribution in [0, 0.1) is 5.82 Å². The Bertz CT molecular complexity index is 583. The molecule has 1 aliphatic rings. The molecule has 6 nitrogen and oxygen atoms in total. The zero-order valence-corrected chi connectivity index (χ0v) is 16.9. The number of ether oxygens (including phenoxy) is 1. The number of halogens is 1. The molecule has 1 aromatic carbocycles. The number of hydrogen-bond donors (Lipinski definition) is 2. The fourth-order valence-electron chi connectivity index (χ4n) is 3.09. The number of rotatable bonds is 8. The molecule has 0 radical (unpaired) electrons. The van der Waals surface area contributed by atoms with E-state index in [0.29, 0.717) is 6.54 Å². The van der Waals surface area contributed by atoms with E-state index in [1.165, 1.54) is 25.6 Å². The third-order valence-electron chi connectivity index (χ3n) is 4.70. The van der Waals surface area contributed by atoms with E-state index in [0.717, 1.165) is 38.6 Å². The monoisotopic (exact) mass is 379 g/mol. The van der Waals surface area contributed by atoms with Crippen LogP contribution in [-0.4, -0.2) is 81.8 Å². The maximum Gasteiger partial charge on any atom is 0.191 e. The summed E-state index contributed by atoms with van der Waals surface area (Å²) in [7, 11) is 3.94. The van der Waals surface area contributed by atoms with E-state index in [1.807, 2.05) is 6.92 Å². The highest BCUT2D eigenvalue weighted by atomic mass is 19.1. The second-order valence-electron chi connectivity index (χ2n) is 7.09. The summed E-state index contributed by atoms with van der Waals surface area (Å²) in [5.41, 5.74) is 0. The van der Waals surface area contributed by atoms with Crippen LogP contribution in [0.2, 0.25) is 0 Å². The number of para-hydroxylation sites is 1. The minimum absolute atomic E-state index is 0.172. The smallest absolute Gasteiger partial charge is 0.191 e. The summed E-state index contributed by atoms with van der Waals surface area (Å²) in [5.74, 6) is 0.680. The molecule has 0 aromatic heterocycles. The predicted octanol–water partition coefficient (Wildman–Crippen LogP) is 1.79. The molecule has 1 saturated heterocycles. The highest BCUT2D eigenvalue weighted by molar-refractivity contribution is 5.79. The van der Waals surface area contributed by atoms with Crippen molar-refractivity contribution in [3.8, 4) is 5.75 Å². The molecule has 152 valence electrons. The van der Waals surface area contributed by atoms with Gasteiger partial charge < -0.3 is 25.2 Å². The molecule has 1 atom stereocenters. The first-order chi connectivity index (χ1) is 13.1. The molecule has 1 aliphatic heterocycles. The minimum Gasteiger partial charge on any atom is -0.486 e. The van der Waals surface area contributed by atoms with Gasteiger partial charge in [0.25, 0.3) is 0 Å².